The molecule has 0 saturated carbocycles. The summed E-state index contributed by atoms with van der Waals surface area (Å²) in [5.41, 5.74) is 3.43. The molecule has 0 bridgehead atoms. The van der Waals surface area contributed by atoms with E-state index in [0.29, 0.717) is 24.7 Å². The van der Waals surface area contributed by atoms with Crippen LogP contribution in [0.15, 0.2) is 54.6 Å². The highest BCUT2D eigenvalue weighted by Gasteiger charge is 2.23. The molecule has 0 unspecified atom stereocenters. The van der Waals surface area contributed by atoms with Crippen molar-refractivity contribution >= 4 is 29.0 Å². The minimum Gasteiger partial charge on any atom is -0.495 e. The fourth-order valence-electron chi connectivity index (χ4n) is 3.31. The van der Waals surface area contributed by atoms with Gasteiger partial charge in [0.15, 0.2) is 0 Å². The number of aromatic nitrogens is 2. The first-order chi connectivity index (χ1) is 13.6. The average molecular weight is 395 g/mol. The number of hydrogen-bond donors (Lipinski definition) is 1. The number of rotatable bonds is 4. The van der Waals surface area contributed by atoms with E-state index in [4.69, 9.17) is 16.3 Å². The van der Waals surface area contributed by atoms with Gasteiger partial charge in [-0.05, 0) is 41.3 Å². The second-order valence-electron chi connectivity index (χ2n) is 6.48. The maximum absolute atomic E-state index is 13.0. The van der Waals surface area contributed by atoms with Crippen LogP contribution in [0.4, 0.5) is 11.5 Å². The number of carbonyl (C=O) groups is 1. The van der Waals surface area contributed by atoms with Crippen molar-refractivity contribution in [3.63, 3.8) is 0 Å². The van der Waals surface area contributed by atoms with Gasteiger partial charge in [0.2, 0.25) is 5.28 Å². The van der Waals surface area contributed by atoms with Crippen LogP contribution in [0.25, 0.3) is 0 Å². The van der Waals surface area contributed by atoms with Crippen LogP contribution in [0.3, 0.4) is 0 Å². The number of nitrogens with one attached hydrogen (secondary N) is 1. The molecule has 1 N–H and O–H groups in total. The van der Waals surface area contributed by atoms with Gasteiger partial charge in [-0.1, -0.05) is 36.4 Å². The molecule has 1 amide bonds. The zero-order chi connectivity index (χ0) is 19.5. The third-order valence-electron chi connectivity index (χ3n) is 4.71. The van der Waals surface area contributed by atoms with Crippen LogP contribution in [0.5, 0.6) is 5.75 Å². The molecule has 1 aliphatic heterocycles. The Balaban J connectivity index is 1.58. The Morgan fingerprint density at radius 2 is 1.86 bits per heavy atom. The normalized spacial score (nSPS) is 13.0. The van der Waals surface area contributed by atoms with E-state index in [1.54, 1.807) is 18.1 Å². The Kier molecular flexibility index (Phi) is 5.12. The maximum atomic E-state index is 13.0. The highest BCUT2D eigenvalue weighted by atomic mass is 35.5. The maximum Gasteiger partial charge on any atom is 0.273 e. The van der Waals surface area contributed by atoms with Crippen LogP contribution < -0.4 is 10.1 Å². The summed E-state index contributed by atoms with van der Waals surface area (Å²) in [6, 6.07) is 17.2. The number of anilines is 2. The van der Waals surface area contributed by atoms with Gasteiger partial charge >= 0.3 is 0 Å². The number of ether oxygens (including phenoxy) is 1. The first-order valence-corrected chi connectivity index (χ1v) is 9.32. The standard InChI is InChI=1S/C21H19ClN4O2/c1-28-18-9-5-4-8-16(18)23-19-12-17(24-21(22)25-19)20(27)26-11-10-14-6-2-3-7-15(14)13-26/h2-9,12H,10-11,13H2,1H3,(H,23,24,25). The Morgan fingerprint density at radius 3 is 2.68 bits per heavy atom. The quantitative estimate of drug-likeness (QED) is 0.675. The number of benzene rings is 2. The van der Waals surface area contributed by atoms with E-state index in [9.17, 15) is 4.79 Å². The van der Waals surface area contributed by atoms with Gasteiger partial charge in [0, 0.05) is 19.2 Å². The summed E-state index contributed by atoms with van der Waals surface area (Å²) in [4.78, 5) is 23.1. The highest BCUT2D eigenvalue weighted by molar-refractivity contribution is 6.28. The lowest BCUT2D eigenvalue weighted by atomic mass is 10.00. The minimum atomic E-state index is -0.165. The van der Waals surface area contributed by atoms with Crippen LogP contribution in [0.1, 0.15) is 21.6 Å². The summed E-state index contributed by atoms with van der Waals surface area (Å²) >= 11 is 6.09. The highest BCUT2D eigenvalue weighted by Crippen LogP contribution is 2.27. The van der Waals surface area contributed by atoms with Crippen molar-refractivity contribution in [2.24, 2.45) is 0 Å². The summed E-state index contributed by atoms with van der Waals surface area (Å²) in [5.74, 6) is 0.935. The van der Waals surface area contributed by atoms with E-state index in [2.05, 4.69) is 27.4 Å². The summed E-state index contributed by atoms with van der Waals surface area (Å²) < 4.78 is 5.34. The molecule has 0 radical (unpaired) electrons. The van der Waals surface area contributed by atoms with Crippen LogP contribution in [0, 0.1) is 0 Å². The Bertz CT molecular complexity index is 1020. The molecule has 0 atom stereocenters. The largest absolute Gasteiger partial charge is 0.495 e. The number of fused-ring (bicyclic) bond motifs is 1. The molecular formula is C21H19ClN4O2. The molecule has 0 saturated heterocycles. The van der Waals surface area contributed by atoms with E-state index < -0.39 is 0 Å². The molecule has 28 heavy (non-hydrogen) atoms. The zero-order valence-electron chi connectivity index (χ0n) is 15.4. The number of hydrogen-bond acceptors (Lipinski definition) is 5. The van der Waals surface area contributed by atoms with Crippen molar-refractivity contribution in [3.05, 3.63) is 76.7 Å². The lowest BCUT2D eigenvalue weighted by Crippen LogP contribution is -2.36. The third kappa shape index (κ3) is 3.77. The summed E-state index contributed by atoms with van der Waals surface area (Å²) in [7, 11) is 1.59. The zero-order valence-corrected chi connectivity index (χ0v) is 16.1. The molecule has 0 aliphatic carbocycles. The minimum absolute atomic E-state index is 0.0145. The van der Waals surface area contributed by atoms with E-state index in [-0.39, 0.29) is 16.9 Å². The molecule has 1 aromatic heterocycles. The average Bonchev–Trinajstić information content (AvgIpc) is 2.73. The van der Waals surface area contributed by atoms with Gasteiger partial charge in [0.1, 0.15) is 17.3 Å². The van der Waals surface area contributed by atoms with Crippen LogP contribution >= 0.6 is 11.6 Å². The second kappa shape index (κ2) is 7.86. The monoisotopic (exact) mass is 394 g/mol. The molecule has 142 valence electrons. The van der Waals surface area contributed by atoms with Gasteiger partial charge in [-0.2, -0.15) is 0 Å². The predicted molar refractivity (Wildman–Crippen MR) is 108 cm³/mol. The van der Waals surface area contributed by atoms with Gasteiger partial charge < -0.3 is 15.0 Å². The lowest BCUT2D eigenvalue weighted by molar-refractivity contribution is 0.0728. The Labute approximate surface area is 168 Å². The molecule has 2 heterocycles. The molecule has 6 nitrogen and oxygen atoms in total. The topological polar surface area (TPSA) is 67.3 Å². The summed E-state index contributed by atoms with van der Waals surface area (Å²) in [6.45, 7) is 1.21. The first-order valence-electron chi connectivity index (χ1n) is 8.95. The van der Waals surface area contributed by atoms with E-state index in [1.165, 1.54) is 5.56 Å². The molecule has 2 aromatic carbocycles. The first kappa shape index (κ1) is 18.3. The summed E-state index contributed by atoms with van der Waals surface area (Å²) in [5, 5.41) is 3.16. The fraction of sp³-hybridized carbons (Fsp3) is 0.190. The smallest absolute Gasteiger partial charge is 0.273 e. The van der Waals surface area contributed by atoms with E-state index >= 15 is 0 Å². The van der Waals surface area contributed by atoms with Crippen LogP contribution in [-0.4, -0.2) is 34.4 Å². The molecule has 0 spiro atoms. The van der Waals surface area contributed by atoms with Crippen molar-refractivity contribution in [2.75, 3.05) is 19.0 Å². The Hall–Kier alpha value is -3.12. The number of amides is 1. The van der Waals surface area contributed by atoms with Crippen molar-refractivity contribution < 1.29 is 9.53 Å². The molecule has 7 heteroatoms. The fourth-order valence-corrected chi connectivity index (χ4v) is 3.49. The third-order valence-corrected chi connectivity index (χ3v) is 4.87. The molecule has 1 aliphatic rings. The number of carbonyl (C=O) groups excluding carboxylic acids is 1. The second-order valence-corrected chi connectivity index (χ2v) is 6.82. The van der Waals surface area contributed by atoms with Gasteiger partial charge in [-0.3, -0.25) is 4.79 Å². The van der Waals surface area contributed by atoms with Gasteiger partial charge in [0.05, 0.1) is 12.8 Å². The van der Waals surface area contributed by atoms with Crippen molar-refractivity contribution in [3.8, 4) is 5.75 Å². The van der Waals surface area contributed by atoms with Crippen molar-refractivity contribution in [1.82, 2.24) is 14.9 Å². The van der Waals surface area contributed by atoms with Crippen molar-refractivity contribution in [1.29, 1.82) is 0 Å². The van der Waals surface area contributed by atoms with E-state index in [0.717, 1.165) is 17.7 Å². The predicted octanol–water partition coefficient (Wildman–Crippen LogP) is 4.08. The summed E-state index contributed by atoms with van der Waals surface area (Å²) in [6.07, 6.45) is 0.826. The van der Waals surface area contributed by atoms with Crippen molar-refractivity contribution in [2.45, 2.75) is 13.0 Å². The van der Waals surface area contributed by atoms with Gasteiger partial charge in [-0.15, -0.1) is 0 Å². The Morgan fingerprint density at radius 1 is 1.11 bits per heavy atom. The van der Waals surface area contributed by atoms with Gasteiger partial charge in [0.25, 0.3) is 5.91 Å². The SMILES string of the molecule is COc1ccccc1Nc1cc(C(=O)N2CCc3ccccc3C2)nc(Cl)n1. The van der Waals surface area contributed by atoms with E-state index in [1.807, 2.05) is 36.4 Å². The number of halogens is 1. The molecule has 3 aromatic rings. The molecule has 4 rings (SSSR count). The van der Waals surface area contributed by atoms with Crippen LogP contribution in [0.2, 0.25) is 5.28 Å². The van der Waals surface area contributed by atoms with Crippen LogP contribution in [-0.2, 0) is 13.0 Å². The number of methoxy groups -OCH3 is 1. The lowest BCUT2D eigenvalue weighted by Gasteiger charge is -2.28. The number of nitrogens with zero attached hydrogens (tertiary/aromatic N) is 3. The molecule has 0 fully saturated rings. The molecular weight excluding hydrogens is 376 g/mol. The number of para-hydroxylation sites is 2. The van der Waals surface area contributed by atoms with Gasteiger partial charge in [-0.25, -0.2) is 9.97 Å².